The van der Waals surface area contributed by atoms with Gasteiger partial charge in [-0.15, -0.1) is 0 Å². The molecule has 0 aliphatic carbocycles. The number of benzene rings is 1. The molecule has 1 aliphatic heterocycles. The quantitative estimate of drug-likeness (QED) is 0.548. The predicted octanol–water partition coefficient (Wildman–Crippen LogP) is 2.33. The minimum Gasteiger partial charge on any atom is -0.337 e. The number of aryl methyl sites for hydroxylation is 1. The summed E-state index contributed by atoms with van der Waals surface area (Å²) in [5, 5.41) is 0. The van der Waals surface area contributed by atoms with E-state index in [1.54, 1.807) is 0 Å². The first kappa shape index (κ1) is 7.62. The summed E-state index contributed by atoms with van der Waals surface area (Å²) in [5.41, 5.74) is 1.24. The summed E-state index contributed by atoms with van der Waals surface area (Å²) >= 11 is 0. The Morgan fingerprint density at radius 2 is 2.17 bits per heavy atom. The van der Waals surface area contributed by atoms with Crippen LogP contribution in [-0.2, 0) is 11.3 Å². The molecule has 0 N–H and O–H groups in total. The lowest BCUT2D eigenvalue weighted by atomic mass is 10.1. The van der Waals surface area contributed by atoms with E-state index < -0.39 is 0 Å². The molecule has 1 aromatic carbocycles. The first-order valence-electron chi connectivity index (χ1n) is 4.27. The molecule has 0 saturated carbocycles. The van der Waals surface area contributed by atoms with E-state index in [4.69, 9.17) is 9.78 Å². The van der Waals surface area contributed by atoms with Crippen LogP contribution in [0.4, 0.5) is 0 Å². The van der Waals surface area contributed by atoms with E-state index in [-0.39, 0.29) is 6.10 Å². The Morgan fingerprint density at radius 3 is 3.08 bits per heavy atom. The van der Waals surface area contributed by atoms with Gasteiger partial charge < -0.3 is 4.89 Å². The van der Waals surface area contributed by atoms with Gasteiger partial charge in [0.25, 0.3) is 0 Å². The van der Waals surface area contributed by atoms with Gasteiger partial charge in [-0.1, -0.05) is 18.2 Å². The highest BCUT2D eigenvalue weighted by Gasteiger charge is 2.13. The van der Waals surface area contributed by atoms with Gasteiger partial charge in [-0.3, -0.25) is 0 Å². The maximum Gasteiger partial charge on any atom is 0.168 e. The Labute approximate surface area is 72.0 Å². The number of hydrogen-bond donors (Lipinski definition) is 0. The molecular weight excluding hydrogens is 152 g/mol. The van der Waals surface area contributed by atoms with Crippen LogP contribution in [0, 0.1) is 0 Å². The summed E-state index contributed by atoms with van der Waals surface area (Å²) in [6, 6.07) is 8.00. The van der Waals surface area contributed by atoms with Gasteiger partial charge >= 0.3 is 0 Å². The molecule has 0 radical (unpaired) electrons. The van der Waals surface area contributed by atoms with E-state index in [0.717, 1.165) is 18.6 Å². The molecule has 12 heavy (non-hydrogen) atoms. The van der Waals surface area contributed by atoms with Crippen molar-refractivity contribution in [1.29, 1.82) is 0 Å². The van der Waals surface area contributed by atoms with Crippen molar-refractivity contribution in [3.05, 3.63) is 29.8 Å². The number of para-hydroxylation sites is 1. The zero-order valence-corrected chi connectivity index (χ0v) is 7.12. The second-order valence-corrected chi connectivity index (χ2v) is 3.14. The average molecular weight is 164 g/mol. The maximum atomic E-state index is 5.16. The third-order valence-corrected chi connectivity index (χ3v) is 2.09. The molecule has 0 aromatic heterocycles. The van der Waals surface area contributed by atoms with E-state index >= 15 is 0 Å². The van der Waals surface area contributed by atoms with Crippen LogP contribution in [-0.4, -0.2) is 6.10 Å². The molecule has 2 rings (SSSR count). The van der Waals surface area contributed by atoms with Gasteiger partial charge in [-0.25, -0.2) is 0 Å². The van der Waals surface area contributed by atoms with Gasteiger partial charge in [0.1, 0.15) is 6.10 Å². The summed E-state index contributed by atoms with van der Waals surface area (Å²) in [7, 11) is 0. The van der Waals surface area contributed by atoms with Crippen molar-refractivity contribution < 1.29 is 9.78 Å². The van der Waals surface area contributed by atoms with Crippen LogP contribution in [0.2, 0.25) is 0 Å². The lowest BCUT2D eigenvalue weighted by Crippen LogP contribution is -2.08. The topological polar surface area (TPSA) is 18.5 Å². The molecule has 64 valence electrons. The molecular formula is C10H12O2. The van der Waals surface area contributed by atoms with Gasteiger partial charge in [-0.05, 0) is 31.4 Å². The third-order valence-electron chi connectivity index (χ3n) is 2.09. The second kappa shape index (κ2) is 3.15. The normalized spacial score (nSPS) is 22.2. The lowest BCUT2D eigenvalue weighted by Gasteiger charge is -2.05. The fourth-order valence-electron chi connectivity index (χ4n) is 1.33. The van der Waals surface area contributed by atoms with Crippen LogP contribution in [0.15, 0.2) is 24.3 Å². The van der Waals surface area contributed by atoms with E-state index in [1.165, 1.54) is 5.56 Å². The fraction of sp³-hybridized carbons (Fsp3) is 0.400. The minimum atomic E-state index is 0.192. The molecule has 1 unspecified atom stereocenters. The zero-order chi connectivity index (χ0) is 8.39. The van der Waals surface area contributed by atoms with Crippen molar-refractivity contribution in [3.63, 3.8) is 0 Å². The smallest absolute Gasteiger partial charge is 0.168 e. The van der Waals surface area contributed by atoms with Gasteiger partial charge in [0.2, 0.25) is 0 Å². The molecule has 0 bridgehead atoms. The van der Waals surface area contributed by atoms with Crippen LogP contribution in [0.5, 0.6) is 5.75 Å². The predicted molar refractivity (Wildman–Crippen MR) is 45.9 cm³/mol. The van der Waals surface area contributed by atoms with Crippen molar-refractivity contribution in [2.24, 2.45) is 0 Å². The molecule has 1 atom stereocenters. The highest BCUT2D eigenvalue weighted by Crippen LogP contribution is 2.24. The first-order valence-corrected chi connectivity index (χ1v) is 4.27. The molecule has 2 nitrogen and oxygen atoms in total. The van der Waals surface area contributed by atoms with Crippen LogP contribution >= 0.6 is 0 Å². The molecule has 0 amide bonds. The molecule has 0 spiro atoms. The second-order valence-electron chi connectivity index (χ2n) is 3.14. The first-order chi connectivity index (χ1) is 5.86. The van der Waals surface area contributed by atoms with Gasteiger partial charge in [0.05, 0.1) is 0 Å². The molecule has 0 saturated heterocycles. The largest absolute Gasteiger partial charge is 0.337 e. The Balaban J connectivity index is 2.26. The summed E-state index contributed by atoms with van der Waals surface area (Å²) in [5.74, 6) is 0.863. The van der Waals surface area contributed by atoms with Gasteiger partial charge in [-0.2, -0.15) is 4.89 Å². The van der Waals surface area contributed by atoms with Crippen LogP contribution in [0.25, 0.3) is 0 Å². The lowest BCUT2D eigenvalue weighted by molar-refractivity contribution is -0.237. The van der Waals surface area contributed by atoms with Crippen molar-refractivity contribution in [3.8, 4) is 5.75 Å². The minimum absolute atomic E-state index is 0.192. The van der Waals surface area contributed by atoms with Crippen LogP contribution in [0.3, 0.4) is 0 Å². The SMILES string of the molecule is CC1CCc2ccccc2OO1. The monoisotopic (exact) mass is 164 g/mol. The average Bonchev–Trinajstić information content (AvgIpc) is 2.29. The van der Waals surface area contributed by atoms with Gasteiger partial charge in [0, 0.05) is 0 Å². The van der Waals surface area contributed by atoms with E-state index in [9.17, 15) is 0 Å². The highest BCUT2D eigenvalue weighted by atomic mass is 17.2. The number of hydrogen-bond acceptors (Lipinski definition) is 2. The summed E-state index contributed by atoms with van der Waals surface area (Å²) < 4.78 is 0. The van der Waals surface area contributed by atoms with Crippen LogP contribution in [0.1, 0.15) is 18.9 Å². The van der Waals surface area contributed by atoms with E-state index in [0.29, 0.717) is 0 Å². The molecule has 1 aromatic rings. The third kappa shape index (κ3) is 1.43. The number of fused-ring (bicyclic) bond motifs is 1. The van der Waals surface area contributed by atoms with Crippen molar-refractivity contribution >= 4 is 0 Å². The summed E-state index contributed by atoms with van der Waals surface area (Å²) in [6.45, 7) is 2.02. The Morgan fingerprint density at radius 1 is 1.33 bits per heavy atom. The van der Waals surface area contributed by atoms with Crippen molar-refractivity contribution in [2.75, 3.05) is 0 Å². The Hall–Kier alpha value is -1.02. The summed E-state index contributed by atoms with van der Waals surface area (Å²) in [4.78, 5) is 10.3. The molecule has 1 heterocycles. The summed E-state index contributed by atoms with van der Waals surface area (Å²) in [6.07, 6.45) is 2.26. The fourth-order valence-corrected chi connectivity index (χ4v) is 1.33. The van der Waals surface area contributed by atoms with E-state index in [2.05, 4.69) is 6.07 Å². The molecule has 2 heteroatoms. The Kier molecular flexibility index (Phi) is 2.00. The van der Waals surface area contributed by atoms with Crippen LogP contribution < -0.4 is 4.89 Å². The molecule has 0 fully saturated rings. The number of rotatable bonds is 0. The highest BCUT2D eigenvalue weighted by molar-refractivity contribution is 5.33. The van der Waals surface area contributed by atoms with E-state index in [1.807, 2.05) is 25.1 Å². The van der Waals surface area contributed by atoms with Crippen molar-refractivity contribution in [2.45, 2.75) is 25.9 Å². The Bertz CT molecular complexity index is 243. The molecule has 1 aliphatic rings. The standard InChI is InChI=1S/C10H12O2/c1-8-6-7-9-4-2-3-5-10(9)12-11-8/h2-5,8H,6-7H2,1H3. The zero-order valence-electron chi connectivity index (χ0n) is 7.12. The van der Waals surface area contributed by atoms with Crippen molar-refractivity contribution in [1.82, 2.24) is 0 Å². The van der Waals surface area contributed by atoms with Gasteiger partial charge in [0.15, 0.2) is 5.75 Å². The maximum absolute atomic E-state index is 5.16.